The molecule has 1 aliphatic rings. The van der Waals surface area contributed by atoms with Crippen molar-refractivity contribution in [1.29, 1.82) is 0 Å². The van der Waals surface area contributed by atoms with Crippen LogP contribution >= 0.6 is 0 Å². The Balaban J connectivity index is 2.01. The summed E-state index contributed by atoms with van der Waals surface area (Å²) in [5, 5.41) is 3.01. The van der Waals surface area contributed by atoms with Crippen molar-refractivity contribution in [1.82, 2.24) is 5.32 Å². The molecule has 2 unspecified atom stereocenters. The van der Waals surface area contributed by atoms with Crippen LogP contribution < -0.4 is 11.1 Å². The summed E-state index contributed by atoms with van der Waals surface area (Å²) in [6.45, 7) is 9.28. The minimum atomic E-state index is -0.853. The first kappa shape index (κ1) is 17.0. The molecule has 1 saturated carbocycles. The summed E-state index contributed by atoms with van der Waals surface area (Å²) in [6.07, 6.45) is 1.59. The minimum Gasteiger partial charge on any atom is -0.378 e. The molecule has 2 rings (SSSR count). The molecule has 0 aliphatic heterocycles. The van der Waals surface area contributed by atoms with Crippen molar-refractivity contribution in [2.24, 2.45) is 11.1 Å². The minimum absolute atomic E-state index is 0.0520. The number of hydrogen-bond donors (Lipinski definition) is 2. The molecule has 0 spiro atoms. The summed E-state index contributed by atoms with van der Waals surface area (Å²) in [7, 11) is 0. The maximum absolute atomic E-state index is 12.6. The summed E-state index contributed by atoms with van der Waals surface area (Å²) >= 11 is 0. The lowest BCUT2D eigenvalue weighted by molar-refractivity contribution is -0.170. The van der Waals surface area contributed by atoms with Crippen LogP contribution in [0.5, 0.6) is 0 Å². The zero-order valence-corrected chi connectivity index (χ0v) is 14.1. The molecular formula is C18H28N2O2. The lowest BCUT2D eigenvalue weighted by atomic mass is 9.54. The standard InChI is InChI=1S/C18H28N2O2/c1-5-13-9-7-8-10-14(13)12-20-16(21)18(19)11-15(22-6-2)17(18,3)4/h7-10,15H,5-6,11-12,19H2,1-4H3,(H,20,21). The number of aryl methyl sites for hydroxylation is 1. The Hall–Kier alpha value is -1.39. The van der Waals surface area contributed by atoms with E-state index in [1.165, 1.54) is 5.56 Å². The molecule has 0 bridgehead atoms. The zero-order valence-electron chi connectivity index (χ0n) is 14.1. The first-order valence-electron chi connectivity index (χ1n) is 8.12. The monoisotopic (exact) mass is 304 g/mol. The van der Waals surface area contributed by atoms with Crippen molar-refractivity contribution in [3.63, 3.8) is 0 Å². The van der Waals surface area contributed by atoms with Crippen LogP contribution in [-0.4, -0.2) is 24.2 Å². The molecule has 1 amide bonds. The molecular weight excluding hydrogens is 276 g/mol. The third kappa shape index (κ3) is 2.77. The van der Waals surface area contributed by atoms with Gasteiger partial charge in [0, 0.05) is 25.0 Å². The quantitative estimate of drug-likeness (QED) is 0.848. The molecule has 1 aromatic carbocycles. The number of nitrogens with one attached hydrogen (secondary N) is 1. The van der Waals surface area contributed by atoms with Gasteiger partial charge >= 0.3 is 0 Å². The van der Waals surface area contributed by atoms with Crippen molar-refractivity contribution >= 4 is 5.91 Å². The first-order valence-corrected chi connectivity index (χ1v) is 8.12. The van der Waals surface area contributed by atoms with E-state index >= 15 is 0 Å². The molecule has 0 heterocycles. The molecule has 1 aliphatic carbocycles. The van der Waals surface area contributed by atoms with Crippen LogP contribution in [0.3, 0.4) is 0 Å². The van der Waals surface area contributed by atoms with Gasteiger partial charge in [-0.1, -0.05) is 45.0 Å². The van der Waals surface area contributed by atoms with E-state index in [2.05, 4.69) is 24.4 Å². The van der Waals surface area contributed by atoms with Gasteiger partial charge < -0.3 is 15.8 Å². The van der Waals surface area contributed by atoms with Crippen LogP contribution in [0.2, 0.25) is 0 Å². The highest BCUT2D eigenvalue weighted by Crippen LogP contribution is 2.49. The fourth-order valence-electron chi connectivity index (χ4n) is 3.23. The van der Waals surface area contributed by atoms with E-state index in [0.717, 1.165) is 12.0 Å². The van der Waals surface area contributed by atoms with Gasteiger partial charge in [-0.15, -0.1) is 0 Å². The van der Waals surface area contributed by atoms with Crippen LogP contribution in [-0.2, 0) is 22.5 Å². The van der Waals surface area contributed by atoms with Gasteiger partial charge in [0.05, 0.1) is 6.10 Å². The third-order valence-electron chi connectivity index (χ3n) is 5.17. The lowest BCUT2D eigenvalue weighted by Gasteiger charge is -2.57. The number of hydrogen-bond acceptors (Lipinski definition) is 3. The van der Waals surface area contributed by atoms with Gasteiger partial charge in [0.1, 0.15) is 5.54 Å². The highest BCUT2D eigenvalue weighted by atomic mass is 16.5. The topological polar surface area (TPSA) is 64.3 Å². The Morgan fingerprint density at radius 3 is 2.50 bits per heavy atom. The van der Waals surface area contributed by atoms with Gasteiger partial charge in [-0.2, -0.15) is 0 Å². The molecule has 0 radical (unpaired) electrons. The Morgan fingerprint density at radius 2 is 1.95 bits per heavy atom. The third-order valence-corrected chi connectivity index (χ3v) is 5.17. The first-order chi connectivity index (χ1) is 10.4. The summed E-state index contributed by atoms with van der Waals surface area (Å²) in [6, 6.07) is 8.17. The van der Waals surface area contributed by atoms with Gasteiger partial charge in [0.15, 0.2) is 0 Å². The zero-order chi connectivity index (χ0) is 16.4. The summed E-state index contributed by atoms with van der Waals surface area (Å²) in [5.74, 6) is -0.0839. The molecule has 2 atom stereocenters. The largest absolute Gasteiger partial charge is 0.378 e. The highest BCUT2D eigenvalue weighted by Gasteiger charge is 2.62. The van der Waals surface area contributed by atoms with Crippen molar-refractivity contribution in [3.8, 4) is 0 Å². The van der Waals surface area contributed by atoms with Gasteiger partial charge in [-0.05, 0) is 24.5 Å². The van der Waals surface area contributed by atoms with Crippen LogP contribution in [0, 0.1) is 5.41 Å². The molecule has 1 aromatic rings. The molecule has 0 aromatic heterocycles. The van der Waals surface area contributed by atoms with Crippen molar-refractivity contribution in [3.05, 3.63) is 35.4 Å². The van der Waals surface area contributed by atoms with Crippen molar-refractivity contribution in [2.45, 2.75) is 58.7 Å². The van der Waals surface area contributed by atoms with E-state index < -0.39 is 5.54 Å². The Morgan fingerprint density at radius 1 is 1.32 bits per heavy atom. The summed E-state index contributed by atoms with van der Waals surface area (Å²) < 4.78 is 5.68. The van der Waals surface area contributed by atoms with Crippen LogP contribution in [0.25, 0.3) is 0 Å². The number of carbonyl (C=O) groups excluding carboxylic acids is 1. The number of ether oxygens (including phenoxy) is 1. The van der Waals surface area contributed by atoms with E-state index in [9.17, 15) is 4.79 Å². The molecule has 0 saturated heterocycles. The van der Waals surface area contributed by atoms with Crippen molar-refractivity contribution in [2.75, 3.05) is 6.61 Å². The SMILES string of the molecule is CCOC1CC(N)(C(=O)NCc2ccccc2CC)C1(C)C. The van der Waals surface area contributed by atoms with E-state index in [4.69, 9.17) is 10.5 Å². The van der Waals surface area contributed by atoms with Crippen molar-refractivity contribution < 1.29 is 9.53 Å². The molecule has 3 N–H and O–H groups in total. The van der Waals surface area contributed by atoms with Crippen LogP contribution in [0.4, 0.5) is 0 Å². The smallest absolute Gasteiger partial charge is 0.241 e. The summed E-state index contributed by atoms with van der Waals surface area (Å²) in [4.78, 5) is 12.6. The normalized spacial score (nSPS) is 26.3. The Labute approximate surface area is 133 Å². The predicted molar refractivity (Wildman–Crippen MR) is 88.4 cm³/mol. The van der Waals surface area contributed by atoms with E-state index in [-0.39, 0.29) is 17.4 Å². The molecule has 122 valence electrons. The van der Waals surface area contributed by atoms with Gasteiger partial charge in [0.25, 0.3) is 0 Å². The maximum Gasteiger partial charge on any atom is 0.241 e. The molecule has 4 nitrogen and oxygen atoms in total. The average molecular weight is 304 g/mol. The fourth-order valence-corrected chi connectivity index (χ4v) is 3.23. The maximum atomic E-state index is 12.6. The van der Waals surface area contributed by atoms with Gasteiger partial charge in [0.2, 0.25) is 5.91 Å². The molecule has 22 heavy (non-hydrogen) atoms. The predicted octanol–water partition coefficient (Wildman–Crippen LogP) is 2.40. The van der Waals surface area contributed by atoms with Gasteiger partial charge in [-0.3, -0.25) is 4.79 Å². The second-order valence-corrected chi connectivity index (χ2v) is 6.65. The summed E-state index contributed by atoms with van der Waals surface area (Å²) in [5.41, 5.74) is 7.60. The second kappa shape index (κ2) is 6.39. The molecule has 1 fully saturated rings. The second-order valence-electron chi connectivity index (χ2n) is 6.65. The number of rotatable bonds is 6. The number of carbonyl (C=O) groups is 1. The Kier molecular flexibility index (Phi) is 4.93. The van der Waals surface area contributed by atoms with E-state index in [1.807, 2.05) is 32.9 Å². The molecule has 4 heteroatoms. The highest BCUT2D eigenvalue weighted by molar-refractivity contribution is 5.88. The van der Waals surface area contributed by atoms with E-state index in [0.29, 0.717) is 19.6 Å². The average Bonchev–Trinajstić information content (AvgIpc) is 2.52. The number of benzene rings is 1. The van der Waals surface area contributed by atoms with Gasteiger partial charge in [-0.25, -0.2) is 0 Å². The van der Waals surface area contributed by atoms with E-state index in [1.54, 1.807) is 0 Å². The number of amides is 1. The number of nitrogens with two attached hydrogens (primary N) is 1. The van der Waals surface area contributed by atoms with Crippen LogP contribution in [0.15, 0.2) is 24.3 Å². The van der Waals surface area contributed by atoms with Crippen LogP contribution in [0.1, 0.15) is 45.2 Å². The fraction of sp³-hybridized carbons (Fsp3) is 0.611. The Bertz CT molecular complexity index is 542. The lowest BCUT2D eigenvalue weighted by Crippen LogP contribution is -2.75.